The largest absolute Gasteiger partial charge is 0.464 e. The van der Waals surface area contributed by atoms with Crippen LogP contribution < -0.4 is 11.1 Å². The van der Waals surface area contributed by atoms with E-state index in [9.17, 15) is 4.79 Å². The molecule has 0 aromatic carbocycles. The Kier molecular flexibility index (Phi) is 2.93. The number of anilines is 1. The lowest BCUT2D eigenvalue weighted by atomic mass is 9.51. The molecule has 2 aliphatic rings. The van der Waals surface area contributed by atoms with E-state index >= 15 is 0 Å². The first-order valence-corrected chi connectivity index (χ1v) is 6.70. The summed E-state index contributed by atoms with van der Waals surface area (Å²) in [7, 11) is 1.36. The number of carbonyl (C=O) groups is 1. The molecule has 0 amide bonds. The predicted molar refractivity (Wildman–Crippen MR) is 71.9 cm³/mol. The van der Waals surface area contributed by atoms with Gasteiger partial charge < -0.3 is 15.8 Å². The summed E-state index contributed by atoms with van der Waals surface area (Å²) in [5.74, 6) is 0.338. The van der Waals surface area contributed by atoms with Gasteiger partial charge in [-0.1, -0.05) is 6.07 Å². The third kappa shape index (κ3) is 2.08. The van der Waals surface area contributed by atoms with Crippen molar-refractivity contribution in [2.45, 2.75) is 37.8 Å². The van der Waals surface area contributed by atoms with E-state index in [1.165, 1.54) is 13.5 Å². The fourth-order valence-electron chi connectivity index (χ4n) is 3.31. The van der Waals surface area contributed by atoms with Gasteiger partial charge in [0.15, 0.2) is 5.69 Å². The summed E-state index contributed by atoms with van der Waals surface area (Å²) >= 11 is 0. The van der Waals surface area contributed by atoms with Crippen molar-refractivity contribution in [2.75, 3.05) is 12.4 Å². The SMILES string of the molecule is COC(=O)c1cccc(NC2CCC23CC(N)C3)n1. The van der Waals surface area contributed by atoms with Crippen LogP contribution in [0.2, 0.25) is 0 Å². The smallest absolute Gasteiger partial charge is 0.356 e. The zero-order valence-corrected chi connectivity index (χ0v) is 11.1. The number of carbonyl (C=O) groups excluding carboxylic acids is 1. The van der Waals surface area contributed by atoms with Gasteiger partial charge in [0.05, 0.1) is 7.11 Å². The molecule has 5 heteroatoms. The first kappa shape index (κ1) is 12.4. The Labute approximate surface area is 112 Å². The molecule has 0 bridgehead atoms. The lowest BCUT2D eigenvalue weighted by Crippen LogP contribution is -2.61. The minimum absolute atomic E-state index is 0.339. The number of ether oxygens (including phenoxy) is 1. The number of nitrogens with one attached hydrogen (secondary N) is 1. The van der Waals surface area contributed by atoms with Crippen LogP contribution in [0, 0.1) is 5.41 Å². The van der Waals surface area contributed by atoms with Crippen molar-refractivity contribution >= 4 is 11.8 Å². The van der Waals surface area contributed by atoms with Gasteiger partial charge in [-0.25, -0.2) is 9.78 Å². The molecule has 0 radical (unpaired) electrons. The first-order chi connectivity index (χ1) is 9.13. The van der Waals surface area contributed by atoms with Gasteiger partial charge in [-0.05, 0) is 43.2 Å². The molecule has 1 atom stereocenters. The van der Waals surface area contributed by atoms with Crippen LogP contribution in [0.15, 0.2) is 18.2 Å². The van der Waals surface area contributed by atoms with E-state index in [4.69, 9.17) is 5.73 Å². The Morgan fingerprint density at radius 2 is 2.32 bits per heavy atom. The summed E-state index contributed by atoms with van der Waals surface area (Å²) < 4.78 is 4.68. The normalized spacial score (nSPS) is 32.3. The van der Waals surface area contributed by atoms with E-state index < -0.39 is 5.97 Å². The number of methoxy groups -OCH3 is 1. The highest BCUT2D eigenvalue weighted by atomic mass is 16.5. The molecule has 5 nitrogen and oxygen atoms in total. The van der Waals surface area contributed by atoms with Crippen LogP contribution in [0.3, 0.4) is 0 Å². The zero-order chi connectivity index (χ0) is 13.5. The molecule has 2 fully saturated rings. The number of nitrogens with zero attached hydrogens (tertiary/aromatic N) is 1. The van der Waals surface area contributed by atoms with Crippen LogP contribution >= 0.6 is 0 Å². The van der Waals surface area contributed by atoms with Crippen molar-refractivity contribution in [2.24, 2.45) is 11.1 Å². The molecule has 1 spiro atoms. The Morgan fingerprint density at radius 1 is 1.53 bits per heavy atom. The average molecular weight is 261 g/mol. The fourth-order valence-corrected chi connectivity index (χ4v) is 3.31. The summed E-state index contributed by atoms with van der Waals surface area (Å²) in [4.78, 5) is 15.7. The number of esters is 1. The van der Waals surface area contributed by atoms with Crippen LogP contribution in [0.1, 0.15) is 36.2 Å². The van der Waals surface area contributed by atoms with Crippen LogP contribution in [0.25, 0.3) is 0 Å². The second-order valence-corrected chi connectivity index (χ2v) is 5.67. The van der Waals surface area contributed by atoms with Crippen LogP contribution in [-0.2, 0) is 4.74 Å². The molecule has 1 aromatic heterocycles. The van der Waals surface area contributed by atoms with Crippen molar-refractivity contribution in [3.05, 3.63) is 23.9 Å². The number of aromatic nitrogens is 1. The first-order valence-electron chi connectivity index (χ1n) is 6.70. The summed E-state index contributed by atoms with van der Waals surface area (Å²) in [5.41, 5.74) is 6.61. The van der Waals surface area contributed by atoms with Crippen molar-refractivity contribution in [1.29, 1.82) is 0 Å². The van der Waals surface area contributed by atoms with Crippen LogP contribution in [-0.4, -0.2) is 30.1 Å². The van der Waals surface area contributed by atoms with E-state index in [1.807, 2.05) is 12.1 Å². The Bertz CT molecular complexity index is 497. The molecule has 3 N–H and O–H groups in total. The van der Waals surface area contributed by atoms with Crippen molar-refractivity contribution in [1.82, 2.24) is 4.98 Å². The molecule has 0 aliphatic heterocycles. The van der Waals surface area contributed by atoms with E-state index in [1.54, 1.807) is 6.07 Å². The molecule has 2 saturated carbocycles. The third-order valence-electron chi connectivity index (χ3n) is 4.47. The predicted octanol–water partition coefficient (Wildman–Crippen LogP) is 1.55. The molecule has 3 rings (SSSR count). The van der Waals surface area contributed by atoms with Gasteiger partial charge in [-0.3, -0.25) is 0 Å². The van der Waals surface area contributed by atoms with Crippen LogP contribution in [0.5, 0.6) is 0 Å². The quantitative estimate of drug-likeness (QED) is 0.807. The minimum Gasteiger partial charge on any atom is -0.464 e. The highest BCUT2D eigenvalue weighted by molar-refractivity contribution is 5.87. The van der Waals surface area contributed by atoms with E-state index in [0.29, 0.717) is 23.2 Å². The topological polar surface area (TPSA) is 77.2 Å². The molecular formula is C14H19N3O2. The summed E-state index contributed by atoms with van der Waals surface area (Å²) in [6, 6.07) is 6.16. The molecule has 1 unspecified atom stereocenters. The summed E-state index contributed by atoms with van der Waals surface area (Å²) in [5, 5.41) is 3.44. The number of nitrogens with two attached hydrogens (primary N) is 1. The van der Waals surface area contributed by atoms with Gasteiger partial charge in [0, 0.05) is 12.1 Å². The number of rotatable bonds is 3. The maximum absolute atomic E-state index is 11.4. The van der Waals surface area contributed by atoms with E-state index in [2.05, 4.69) is 15.0 Å². The second-order valence-electron chi connectivity index (χ2n) is 5.67. The third-order valence-corrected chi connectivity index (χ3v) is 4.47. The fraction of sp³-hybridized carbons (Fsp3) is 0.571. The standard InChI is InChI=1S/C14H19N3O2/c1-19-13(18)10-3-2-4-12(16-10)17-11-5-6-14(11)7-9(15)8-14/h2-4,9,11H,5-8,15H2,1H3,(H,16,17). The second kappa shape index (κ2) is 4.49. The van der Waals surface area contributed by atoms with Gasteiger partial charge in [0.2, 0.25) is 0 Å². The highest BCUT2D eigenvalue weighted by Gasteiger charge is 2.54. The number of pyridine rings is 1. The maximum atomic E-state index is 11.4. The van der Waals surface area contributed by atoms with Gasteiger partial charge in [-0.2, -0.15) is 0 Å². The number of hydrogen-bond acceptors (Lipinski definition) is 5. The lowest BCUT2D eigenvalue weighted by molar-refractivity contribution is -0.00484. The number of hydrogen-bond donors (Lipinski definition) is 2. The van der Waals surface area contributed by atoms with Gasteiger partial charge in [0.1, 0.15) is 5.82 Å². The summed E-state index contributed by atoms with van der Waals surface area (Å²) in [6.07, 6.45) is 4.59. The molecule has 19 heavy (non-hydrogen) atoms. The molecule has 1 heterocycles. The van der Waals surface area contributed by atoms with Crippen molar-refractivity contribution in [3.8, 4) is 0 Å². The van der Waals surface area contributed by atoms with E-state index in [-0.39, 0.29) is 0 Å². The average Bonchev–Trinajstić information content (AvgIpc) is 2.39. The van der Waals surface area contributed by atoms with Crippen molar-refractivity contribution in [3.63, 3.8) is 0 Å². The molecule has 2 aliphatic carbocycles. The molecular weight excluding hydrogens is 242 g/mol. The summed E-state index contributed by atoms with van der Waals surface area (Å²) in [6.45, 7) is 0. The van der Waals surface area contributed by atoms with Gasteiger partial charge >= 0.3 is 5.97 Å². The molecule has 102 valence electrons. The monoisotopic (exact) mass is 261 g/mol. The minimum atomic E-state index is -0.405. The van der Waals surface area contributed by atoms with Gasteiger partial charge in [0.25, 0.3) is 0 Å². The Hall–Kier alpha value is -1.62. The Morgan fingerprint density at radius 3 is 2.89 bits per heavy atom. The van der Waals surface area contributed by atoms with Gasteiger partial charge in [-0.15, -0.1) is 0 Å². The molecule has 1 aromatic rings. The van der Waals surface area contributed by atoms with Crippen LogP contribution in [0.4, 0.5) is 5.82 Å². The zero-order valence-electron chi connectivity index (χ0n) is 11.1. The highest BCUT2D eigenvalue weighted by Crippen LogP contribution is 2.56. The van der Waals surface area contributed by atoms with Crippen molar-refractivity contribution < 1.29 is 9.53 Å². The maximum Gasteiger partial charge on any atom is 0.356 e. The lowest BCUT2D eigenvalue weighted by Gasteiger charge is -2.58. The van der Waals surface area contributed by atoms with E-state index in [0.717, 1.165) is 25.1 Å². The molecule has 0 saturated heterocycles. The Balaban J connectivity index is 1.69.